The maximum atomic E-state index is 10.8. The average molecular weight is 175 g/mol. The summed E-state index contributed by atoms with van der Waals surface area (Å²) in [5.74, 6) is -0.450. The van der Waals surface area contributed by atoms with E-state index in [1.807, 2.05) is 19.2 Å². The molecule has 0 unspecified atom stereocenters. The van der Waals surface area contributed by atoms with Crippen LogP contribution in [0.4, 0.5) is 0 Å². The molecule has 1 amide bonds. The molecule has 4 nitrogen and oxygen atoms in total. The quantitative estimate of drug-likeness (QED) is 0.694. The Kier molecular flexibility index (Phi) is 1.55. The summed E-state index contributed by atoms with van der Waals surface area (Å²) in [6.07, 6.45) is 3.36. The van der Waals surface area contributed by atoms with Crippen molar-refractivity contribution >= 4 is 11.4 Å². The van der Waals surface area contributed by atoms with Crippen LogP contribution in [0.3, 0.4) is 0 Å². The number of rotatable bonds is 1. The van der Waals surface area contributed by atoms with Crippen LogP contribution in [-0.2, 0) is 0 Å². The number of nitrogens with zero attached hydrogens (tertiary/aromatic N) is 2. The topological polar surface area (TPSA) is 60.4 Å². The third-order valence-corrected chi connectivity index (χ3v) is 1.88. The number of aromatic nitrogens is 2. The maximum absolute atomic E-state index is 10.8. The van der Waals surface area contributed by atoms with Crippen molar-refractivity contribution in [2.75, 3.05) is 0 Å². The van der Waals surface area contributed by atoms with Crippen molar-refractivity contribution in [2.24, 2.45) is 5.73 Å². The first-order chi connectivity index (χ1) is 6.16. The molecular formula is C9H9N3O. The number of carbonyl (C=O) groups excluding carboxylic acids is 1. The van der Waals surface area contributed by atoms with Crippen LogP contribution < -0.4 is 5.73 Å². The Morgan fingerprint density at radius 1 is 1.54 bits per heavy atom. The van der Waals surface area contributed by atoms with Gasteiger partial charge >= 0.3 is 0 Å². The van der Waals surface area contributed by atoms with E-state index in [0.717, 1.165) is 11.1 Å². The van der Waals surface area contributed by atoms with Crippen molar-refractivity contribution in [1.29, 1.82) is 0 Å². The molecule has 0 atom stereocenters. The molecule has 0 aliphatic heterocycles. The normalized spacial score (nSPS) is 10.5. The fraction of sp³-hybridized carbons (Fsp3) is 0.111. The number of primary amides is 1. The monoisotopic (exact) mass is 175 g/mol. The van der Waals surface area contributed by atoms with Crippen LogP contribution in [0.5, 0.6) is 0 Å². The number of nitrogens with two attached hydrogens (primary N) is 1. The van der Waals surface area contributed by atoms with Crippen LogP contribution in [0.2, 0.25) is 0 Å². The van der Waals surface area contributed by atoms with Gasteiger partial charge in [0.1, 0.15) is 0 Å². The molecule has 66 valence electrons. The molecule has 2 rings (SSSR count). The second kappa shape index (κ2) is 2.58. The van der Waals surface area contributed by atoms with Gasteiger partial charge in [-0.1, -0.05) is 0 Å². The first-order valence-electron chi connectivity index (χ1n) is 3.91. The van der Waals surface area contributed by atoms with Crippen LogP contribution in [0.1, 0.15) is 15.9 Å². The molecule has 2 aromatic heterocycles. The van der Waals surface area contributed by atoms with E-state index >= 15 is 0 Å². The fourth-order valence-corrected chi connectivity index (χ4v) is 1.27. The van der Waals surface area contributed by atoms with Gasteiger partial charge in [0.25, 0.3) is 0 Å². The Labute approximate surface area is 75.0 Å². The van der Waals surface area contributed by atoms with Crippen LogP contribution in [0.25, 0.3) is 5.52 Å². The smallest absolute Gasteiger partial charge is 0.250 e. The highest BCUT2D eigenvalue weighted by molar-refractivity contribution is 5.93. The summed E-state index contributed by atoms with van der Waals surface area (Å²) >= 11 is 0. The zero-order valence-electron chi connectivity index (χ0n) is 7.19. The highest BCUT2D eigenvalue weighted by atomic mass is 16.1. The maximum Gasteiger partial charge on any atom is 0.250 e. The van der Waals surface area contributed by atoms with Crippen LogP contribution in [0.15, 0.2) is 24.5 Å². The van der Waals surface area contributed by atoms with E-state index in [0.29, 0.717) is 5.56 Å². The molecule has 0 aromatic carbocycles. The van der Waals surface area contributed by atoms with Gasteiger partial charge in [-0.25, -0.2) is 4.52 Å². The summed E-state index contributed by atoms with van der Waals surface area (Å²) in [6.45, 7) is 1.97. The van der Waals surface area contributed by atoms with Gasteiger partial charge < -0.3 is 5.73 Å². The molecule has 0 fully saturated rings. The summed E-state index contributed by atoms with van der Waals surface area (Å²) in [4.78, 5) is 10.8. The number of amides is 1. The molecule has 2 N–H and O–H groups in total. The van der Waals surface area contributed by atoms with Gasteiger partial charge in [-0.15, -0.1) is 0 Å². The fourth-order valence-electron chi connectivity index (χ4n) is 1.27. The molecule has 13 heavy (non-hydrogen) atoms. The number of carbonyl (C=O) groups is 1. The Balaban J connectivity index is 2.67. The average Bonchev–Trinajstić information content (AvgIpc) is 2.42. The van der Waals surface area contributed by atoms with Crippen molar-refractivity contribution < 1.29 is 4.79 Å². The number of fused-ring (bicyclic) bond motifs is 1. The molecule has 0 saturated heterocycles. The molecule has 0 bridgehead atoms. The van der Waals surface area contributed by atoms with Gasteiger partial charge in [-0.2, -0.15) is 5.10 Å². The van der Waals surface area contributed by atoms with E-state index in [4.69, 9.17) is 5.73 Å². The second-order valence-corrected chi connectivity index (χ2v) is 3.00. The van der Waals surface area contributed by atoms with Crippen LogP contribution in [-0.4, -0.2) is 15.5 Å². The molecular weight excluding hydrogens is 166 g/mol. The minimum Gasteiger partial charge on any atom is -0.366 e. The van der Waals surface area contributed by atoms with Gasteiger partial charge in [0.2, 0.25) is 5.91 Å². The van der Waals surface area contributed by atoms with Gasteiger partial charge in [0.05, 0.1) is 17.3 Å². The molecule has 0 aliphatic rings. The standard InChI is InChI=1S/C9H9N3O/c1-6-2-8-3-7(9(10)13)4-11-12(8)5-6/h2-5H,1H3,(H2,10,13). The van der Waals surface area contributed by atoms with Gasteiger partial charge in [0.15, 0.2) is 0 Å². The highest BCUT2D eigenvalue weighted by Gasteiger charge is 2.02. The number of hydrogen-bond acceptors (Lipinski definition) is 2. The summed E-state index contributed by atoms with van der Waals surface area (Å²) in [5, 5.41) is 4.04. The first-order valence-corrected chi connectivity index (χ1v) is 3.91. The Morgan fingerprint density at radius 3 is 3.00 bits per heavy atom. The van der Waals surface area contributed by atoms with E-state index in [1.54, 1.807) is 10.6 Å². The lowest BCUT2D eigenvalue weighted by Crippen LogP contribution is -2.11. The van der Waals surface area contributed by atoms with E-state index in [2.05, 4.69) is 5.10 Å². The van der Waals surface area contributed by atoms with Crippen LogP contribution in [0, 0.1) is 6.92 Å². The highest BCUT2D eigenvalue weighted by Crippen LogP contribution is 2.08. The van der Waals surface area contributed by atoms with Gasteiger partial charge in [-0.05, 0) is 24.6 Å². The Bertz CT molecular complexity index is 473. The second-order valence-electron chi connectivity index (χ2n) is 3.00. The van der Waals surface area contributed by atoms with Crippen molar-refractivity contribution in [3.63, 3.8) is 0 Å². The molecule has 2 aromatic rings. The largest absolute Gasteiger partial charge is 0.366 e. The Morgan fingerprint density at radius 2 is 2.31 bits per heavy atom. The predicted molar refractivity (Wildman–Crippen MR) is 48.4 cm³/mol. The first kappa shape index (κ1) is 7.79. The summed E-state index contributed by atoms with van der Waals surface area (Å²) < 4.78 is 1.71. The summed E-state index contributed by atoms with van der Waals surface area (Å²) in [7, 11) is 0. The summed E-state index contributed by atoms with van der Waals surface area (Å²) in [6, 6.07) is 3.67. The van der Waals surface area contributed by atoms with Crippen molar-refractivity contribution in [3.05, 3.63) is 35.7 Å². The van der Waals surface area contributed by atoms with E-state index < -0.39 is 5.91 Å². The number of aryl methyl sites for hydroxylation is 1. The lowest BCUT2D eigenvalue weighted by molar-refractivity contribution is 0.1000. The summed E-state index contributed by atoms with van der Waals surface area (Å²) in [5.41, 5.74) is 7.55. The predicted octanol–water partition coefficient (Wildman–Crippen LogP) is 0.742. The van der Waals surface area contributed by atoms with E-state index in [9.17, 15) is 4.79 Å². The molecule has 0 aliphatic carbocycles. The molecule has 0 spiro atoms. The minimum atomic E-state index is -0.450. The molecule has 0 saturated carbocycles. The zero-order chi connectivity index (χ0) is 9.42. The van der Waals surface area contributed by atoms with Gasteiger partial charge in [0, 0.05) is 6.20 Å². The minimum absolute atomic E-state index is 0.436. The zero-order valence-corrected chi connectivity index (χ0v) is 7.19. The molecule has 0 radical (unpaired) electrons. The van der Waals surface area contributed by atoms with Crippen molar-refractivity contribution in [1.82, 2.24) is 9.61 Å². The lowest BCUT2D eigenvalue weighted by atomic mass is 10.2. The Hall–Kier alpha value is -1.84. The van der Waals surface area contributed by atoms with Gasteiger partial charge in [-0.3, -0.25) is 4.79 Å². The SMILES string of the molecule is Cc1cc2cc(C(N)=O)cnn2c1. The van der Waals surface area contributed by atoms with Crippen LogP contribution >= 0.6 is 0 Å². The van der Waals surface area contributed by atoms with Crippen molar-refractivity contribution in [2.45, 2.75) is 6.92 Å². The number of hydrogen-bond donors (Lipinski definition) is 1. The molecule has 4 heteroatoms. The van der Waals surface area contributed by atoms with E-state index in [1.165, 1.54) is 6.20 Å². The molecule has 2 heterocycles. The van der Waals surface area contributed by atoms with E-state index in [-0.39, 0.29) is 0 Å². The van der Waals surface area contributed by atoms with Crippen molar-refractivity contribution in [3.8, 4) is 0 Å². The third-order valence-electron chi connectivity index (χ3n) is 1.88. The third kappa shape index (κ3) is 1.26. The lowest BCUT2D eigenvalue weighted by Gasteiger charge is -1.95.